The van der Waals surface area contributed by atoms with E-state index in [0.29, 0.717) is 18.4 Å². The molecule has 30 heavy (non-hydrogen) atoms. The van der Waals surface area contributed by atoms with Crippen LogP contribution in [0.15, 0.2) is 42.7 Å². The largest absolute Gasteiger partial charge is 0.454 e. The van der Waals surface area contributed by atoms with Crippen molar-refractivity contribution in [2.75, 3.05) is 46.1 Å². The minimum absolute atomic E-state index is 0.106. The number of fused-ring (bicyclic) bond motifs is 1. The third kappa shape index (κ3) is 4.13. The van der Waals surface area contributed by atoms with E-state index in [2.05, 4.69) is 26.9 Å². The van der Waals surface area contributed by atoms with Gasteiger partial charge in [0.1, 0.15) is 0 Å². The van der Waals surface area contributed by atoms with Gasteiger partial charge >= 0.3 is 0 Å². The van der Waals surface area contributed by atoms with Crippen LogP contribution in [0.4, 0.5) is 0 Å². The molecule has 0 unspecified atom stereocenters. The van der Waals surface area contributed by atoms with E-state index in [1.807, 2.05) is 23.1 Å². The second kappa shape index (κ2) is 8.62. The average molecular weight is 409 g/mol. The quantitative estimate of drug-likeness (QED) is 0.773. The Hall–Kier alpha value is -2.64. The van der Waals surface area contributed by atoms with E-state index in [1.165, 1.54) is 12.0 Å². The number of carbonyl (C=O) groups excluding carboxylic acids is 1. The number of hydrogen-bond donors (Lipinski definition) is 0. The number of benzene rings is 1. The van der Waals surface area contributed by atoms with Crippen LogP contribution < -0.4 is 9.47 Å². The molecule has 7 nitrogen and oxygen atoms in total. The first-order valence-electron chi connectivity index (χ1n) is 10.8. The van der Waals surface area contributed by atoms with Crippen LogP contribution in [-0.4, -0.2) is 77.7 Å². The maximum atomic E-state index is 12.8. The third-order valence-corrected chi connectivity index (χ3v) is 6.36. The number of ether oxygens (including phenoxy) is 2. The number of aromatic nitrogens is 1. The molecular formula is C23H28N4O3. The summed E-state index contributed by atoms with van der Waals surface area (Å²) in [6.45, 7) is 7.08. The second-order valence-corrected chi connectivity index (χ2v) is 8.29. The lowest BCUT2D eigenvalue weighted by atomic mass is 10.0. The number of hydrogen-bond acceptors (Lipinski definition) is 6. The number of piperazine rings is 1. The summed E-state index contributed by atoms with van der Waals surface area (Å²) in [6.07, 6.45) is 5.60. The van der Waals surface area contributed by atoms with Crippen molar-refractivity contribution >= 4 is 5.91 Å². The molecule has 0 bridgehead atoms. The summed E-state index contributed by atoms with van der Waals surface area (Å²) in [5, 5.41) is 0. The number of likely N-dealkylation sites (tertiary alicyclic amines) is 1. The topological polar surface area (TPSA) is 58.1 Å². The highest BCUT2D eigenvalue weighted by molar-refractivity contribution is 5.93. The van der Waals surface area contributed by atoms with E-state index in [-0.39, 0.29) is 5.91 Å². The smallest absolute Gasteiger partial charge is 0.255 e. The number of carbonyl (C=O) groups is 1. The summed E-state index contributed by atoms with van der Waals surface area (Å²) < 4.78 is 10.9. The Morgan fingerprint density at radius 2 is 1.93 bits per heavy atom. The SMILES string of the molecule is O=C(c1cccnc1)N1CCC[C@@H](N2CCN(Cc3ccc4c(c3)OCO4)CC2)C1. The van der Waals surface area contributed by atoms with E-state index < -0.39 is 0 Å². The van der Waals surface area contributed by atoms with Crippen molar-refractivity contribution < 1.29 is 14.3 Å². The van der Waals surface area contributed by atoms with E-state index in [0.717, 1.165) is 63.7 Å². The third-order valence-electron chi connectivity index (χ3n) is 6.36. The van der Waals surface area contributed by atoms with Crippen LogP contribution >= 0.6 is 0 Å². The summed E-state index contributed by atoms with van der Waals surface area (Å²) in [7, 11) is 0. The van der Waals surface area contributed by atoms with Crippen molar-refractivity contribution in [3.8, 4) is 11.5 Å². The molecule has 1 amide bonds. The second-order valence-electron chi connectivity index (χ2n) is 8.29. The summed E-state index contributed by atoms with van der Waals surface area (Å²) in [5.74, 6) is 1.80. The predicted molar refractivity (Wildman–Crippen MR) is 113 cm³/mol. The maximum Gasteiger partial charge on any atom is 0.255 e. The van der Waals surface area contributed by atoms with E-state index in [4.69, 9.17) is 9.47 Å². The number of rotatable bonds is 4. The van der Waals surface area contributed by atoms with E-state index >= 15 is 0 Å². The van der Waals surface area contributed by atoms with Crippen LogP contribution in [0.5, 0.6) is 11.5 Å². The van der Waals surface area contributed by atoms with Gasteiger partial charge in [-0.1, -0.05) is 6.07 Å². The van der Waals surface area contributed by atoms with E-state index in [9.17, 15) is 4.79 Å². The van der Waals surface area contributed by atoms with Gasteiger partial charge in [-0.2, -0.15) is 0 Å². The molecule has 7 heteroatoms. The highest BCUT2D eigenvalue weighted by atomic mass is 16.7. The fourth-order valence-electron chi connectivity index (χ4n) is 4.69. The molecule has 158 valence electrons. The molecule has 2 fully saturated rings. The molecule has 2 saturated heterocycles. The number of piperidine rings is 1. The van der Waals surface area contributed by atoms with Gasteiger partial charge in [-0.25, -0.2) is 0 Å². The Kier molecular flexibility index (Phi) is 5.55. The van der Waals surface area contributed by atoms with Crippen molar-refractivity contribution in [2.45, 2.75) is 25.4 Å². The Labute approximate surface area is 177 Å². The summed E-state index contributed by atoms with van der Waals surface area (Å²) in [4.78, 5) is 24.0. The van der Waals surface area contributed by atoms with Gasteiger partial charge < -0.3 is 14.4 Å². The molecule has 1 aromatic carbocycles. The summed E-state index contributed by atoms with van der Waals surface area (Å²) >= 11 is 0. The van der Waals surface area contributed by atoms with Gasteiger partial charge in [-0.15, -0.1) is 0 Å². The molecule has 5 rings (SSSR count). The van der Waals surface area contributed by atoms with Crippen LogP contribution in [0.25, 0.3) is 0 Å². The lowest BCUT2D eigenvalue weighted by Crippen LogP contribution is -2.55. The first-order valence-corrected chi connectivity index (χ1v) is 10.8. The minimum atomic E-state index is 0.106. The van der Waals surface area contributed by atoms with Crippen molar-refractivity contribution in [1.82, 2.24) is 19.7 Å². The van der Waals surface area contributed by atoms with Gasteiger partial charge in [-0.3, -0.25) is 19.6 Å². The van der Waals surface area contributed by atoms with Gasteiger partial charge in [0.2, 0.25) is 6.79 Å². The van der Waals surface area contributed by atoms with Crippen LogP contribution in [0.2, 0.25) is 0 Å². The fourth-order valence-corrected chi connectivity index (χ4v) is 4.69. The van der Waals surface area contributed by atoms with Gasteiger partial charge in [0, 0.05) is 64.2 Å². The van der Waals surface area contributed by atoms with Crippen molar-refractivity contribution in [1.29, 1.82) is 0 Å². The minimum Gasteiger partial charge on any atom is -0.454 e. The zero-order valence-electron chi connectivity index (χ0n) is 17.2. The fraction of sp³-hybridized carbons (Fsp3) is 0.478. The molecule has 3 aliphatic rings. The Bertz CT molecular complexity index is 883. The van der Waals surface area contributed by atoms with Crippen LogP contribution in [0.3, 0.4) is 0 Å². The molecule has 0 N–H and O–H groups in total. The monoisotopic (exact) mass is 408 g/mol. The molecular weight excluding hydrogens is 380 g/mol. The molecule has 3 aliphatic heterocycles. The maximum absolute atomic E-state index is 12.8. The Morgan fingerprint density at radius 3 is 2.77 bits per heavy atom. The number of pyridine rings is 1. The molecule has 2 aromatic rings. The Morgan fingerprint density at radius 1 is 1.07 bits per heavy atom. The molecule has 0 saturated carbocycles. The number of amides is 1. The first kappa shape index (κ1) is 19.3. The summed E-state index contributed by atoms with van der Waals surface area (Å²) in [6, 6.07) is 10.4. The molecule has 0 spiro atoms. The van der Waals surface area contributed by atoms with Gasteiger partial charge in [0.25, 0.3) is 5.91 Å². The molecule has 1 aromatic heterocycles. The zero-order valence-corrected chi connectivity index (χ0v) is 17.2. The van der Waals surface area contributed by atoms with Gasteiger partial charge in [0.05, 0.1) is 5.56 Å². The van der Waals surface area contributed by atoms with Crippen LogP contribution in [-0.2, 0) is 6.54 Å². The predicted octanol–water partition coefficient (Wildman–Crippen LogP) is 2.23. The summed E-state index contributed by atoms with van der Waals surface area (Å²) in [5.41, 5.74) is 1.95. The van der Waals surface area contributed by atoms with Gasteiger partial charge in [-0.05, 0) is 42.7 Å². The van der Waals surface area contributed by atoms with Gasteiger partial charge in [0.15, 0.2) is 11.5 Å². The highest BCUT2D eigenvalue weighted by Gasteiger charge is 2.30. The van der Waals surface area contributed by atoms with Crippen molar-refractivity contribution in [3.63, 3.8) is 0 Å². The zero-order chi connectivity index (χ0) is 20.3. The molecule has 4 heterocycles. The van der Waals surface area contributed by atoms with Crippen molar-refractivity contribution in [3.05, 3.63) is 53.9 Å². The molecule has 0 aliphatic carbocycles. The van der Waals surface area contributed by atoms with Crippen LogP contribution in [0, 0.1) is 0 Å². The number of nitrogens with zero attached hydrogens (tertiary/aromatic N) is 4. The standard InChI is InChI=1S/C23H28N4O3/c28-23(19-3-1-7-24-14-19)27-8-2-4-20(16-27)26-11-9-25(10-12-26)15-18-5-6-21-22(13-18)30-17-29-21/h1,3,5-7,13-14,20H,2,4,8-12,15-17H2/t20-/m1/s1. The first-order chi connectivity index (χ1) is 14.8. The normalized spacial score (nSPS) is 22.3. The van der Waals surface area contributed by atoms with Crippen LogP contribution in [0.1, 0.15) is 28.8 Å². The molecule has 0 radical (unpaired) electrons. The molecule has 1 atom stereocenters. The average Bonchev–Trinajstić information content (AvgIpc) is 3.28. The lowest BCUT2D eigenvalue weighted by molar-refractivity contribution is 0.0407. The Balaban J connectivity index is 1.14. The highest BCUT2D eigenvalue weighted by Crippen LogP contribution is 2.33. The lowest BCUT2D eigenvalue weighted by Gasteiger charge is -2.43. The van der Waals surface area contributed by atoms with E-state index in [1.54, 1.807) is 12.4 Å². The van der Waals surface area contributed by atoms with Crippen molar-refractivity contribution in [2.24, 2.45) is 0 Å².